The van der Waals surface area contributed by atoms with E-state index in [4.69, 9.17) is 5.11 Å². The van der Waals surface area contributed by atoms with Gasteiger partial charge in [-0.25, -0.2) is 0 Å². The van der Waals surface area contributed by atoms with Crippen molar-refractivity contribution in [1.82, 2.24) is 0 Å². The Hall–Kier alpha value is 0.400. The van der Waals surface area contributed by atoms with Crippen molar-refractivity contribution in [2.75, 3.05) is 33.8 Å². The second kappa shape index (κ2) is 17.7. The maximum atomic E-state index is 8.89. The number of aliphatic hydroxyl groups excluding tert-OH is 1. The Morgan fingerprint density at radius 1 is 0.591 bits per heavy atom. The average Bonchev–Trinajstić information content (AvgIpc) is 2.46. The van der Waals surface area contributed by atoms with E-state index in [1.165, 1.54) is 83.6 Å². The highest BCUT2D eigenvalue weighted by atomic mass is 79.9. The van der Waals surface area contributed by atoms with Crippen LogP contribution in [0.15, 0.2) is 0 Å². The molecule has 0 unspecified atom stereocenters. The van der Waals surface area contributed by atoms with Crippen LogP contribution in [0.5, 0.6) is 0 Å². The van der Waals surface area contributed by atoms with Crippen molar-refractivity contribution in [3.63, 3.8) is 0 Å². The smallest absolute Gasteiger partial charge is 0.0804 e. The van der Waals surface area contributed by atoms with E-state index in [2.05, 4.69) is 21.0 Å². The molecule has 0 bridgehead atoms. The van der Waals surface area contributed by atoms with Crippen molar-refractivity contribution in [3.8, 4) is 0 Å². The fourth-order valence-corrected chi connectivity index (χ4v) is 2.99. The first-order valence-electron chi connectivity index (χ1n) is 9.55. The normalized spacial score (nSPS) is 11.5. The Morgan fingerprint density at radius 3 is 1.36 bits per heavy atom. The SMILES string of the molecule is CCCCCCCCCCCCCC[N+](C)(C)CCCO.[Br-]. The quantitative estimate of drug-likeness (QED) is 0.321. The zero-order chi connectivity index (χ0) is 15.8. The number of quaternary nitrogens is 1. The van der Waals surface area contributed by atoms with E-state index >= 15 is 0 Å². The highest BCUT2D eigenvalue weighted by molar-refractivity contribution is 4.48. The lowest BCUT2D eigenvalue weighted by atomic mass is 10.1. The molecule has 0 aromatic carbocycles. The van der Waals surface area contributed by atoms with Crippen LogP contribution in [0.2, 0.25) is 0 Å². The summed E-state index contributed by atoms with van der Waals surface area (Å²) in [4.78, 5) is 0. The zero-order valence-corrected chi connectivity index (χ0v) is 17.2. The number of unbranched alkanes of at least 4 members (excludes halogenated alkanes) is 11. The minimum Gasteiger partial charge on any atom is -1.00 e. The molecular weight excluding hydrogens is 338 g/mol. The standard InChI is InChI=1S/C19H42NO.BrH/c1-4-5-6-7-8-9-10-11-12-13-14-15-17-20(2,3)18-16-19-21;/h21H,4-19H2,1-3H3;1H/q+1;/p-1. The summed E-state index contributed by atoms with van der Waals surface area (Å²) < 4.78 is 1.07. The van der Waals surface area contributed by atoms with Gasteiger partial charge in [0.05, 0.1) is 27.2 Å². The Labute approximate surface area is 151 Å². The van der Waals surface area contributed by atoms with E-state index < -0.39 is 0 Å². The van der Waals surface area contributed by atoms with Crippen LogP contribution in [0.3, 0.4) is 0 Å². The molecule has 0 saturated heterocycles. The van der Waals surface area contributed by atoms with Gasteiger partial charge >= 0.3 is 0 Å². The van der Waals surface area contributed by atoms with Crippen LogP contribution in [0.25, 0.3) is 0 Å². The predicted octanol–water partition coefficient (Wildman–Crippen LogP) is 2.15. The third kappa shape index (κ3) is 18.4. The van der Waals surface area contributed by atoms with Crippen molar-refractivity contribution in [1.29, 1.82) is 0 Å². The Bertz CT molecular complexity index is 210. The second-order valence-electron chi connectivity index (χ2n) is 7.35. The molecule has 0 heterocycles. The number of nitrogens with zero attached hydrogens (tertiary/aromatic N) is 1. The molecule has 0 aromatic heterocycles. The second-order valence-corrected chi connectivity index (χ2v) is 7.35. The number of hydrogen-bond donors (Lipinski definition) is 1. The van der Waals surface area contributed by atoms with Gasteiger partial charge in [0.1, 0.15) is 0 Å². The molecule has 1 N–H and O–H groups in total. The van der Waals surface area contributed by atoms with Gasteiger partial charge in [0, 0.05) is 13.0 Å². The van der Waals surface area contributed by atoms with Crippen LogP contribution in [0, 0.1) is 0 Å². The van der Waals surface area contributed by atoms with Gasteiger partial charge in [0.2, 0.25) is 0 Å². The highest BCUT2D eigenvalue weighted by Gasteiger charge is 2.12. The van der Waals surface area contributed by atoms with Crippen LogP contribution in [-0.4, -0.2) is 43.4 Å². The van der Waals surface area contributed by atoms with Crippen LogP contribution < -0.4 is 17.0 Å². The van der Waals surface area contributed by atoms with Gasteiger partial charge in [0.15, 0.2) is 0 Å². The molecule has 0 aliphatic heterocycles. The molecule has 0 aromatic rings. The number of aliphatic hydroxyl groups is 1. The lowest BCUT2D eigenvalue weighted by Gasteiger charge is -2.29. The van der Waals surface area contributed by atoms with Crippen molar-refractivity contribution in [2.45, 2.75) is 90.4 Å². The Morgan fingerprint density at radius 2 is 0.955 bits per heavy atom. The third-order valence-electron chi connectivity index (χ3n) is 4.54. The summed E-state index contributed by atoms with van der Waals surface area (Å²) in [5.74, 6) is 0. The molecule has 0 saturated carbocycles. The Balaban J connectivity index is 0. The lowest BCUT2D eigenvalue weighted by Crippen LogP contribution is -3.00. The summed E-state index contributed by atoms with van der Waals surface area (Å²) in [6, 6.07) is 0. The summed E-state index contributed by atoms with van der Waals surface area (Å²) in [5.41, 5.74) is 0. The molecule has 0 fully saturated rings. The molecule has 2 nitrogen and oxygen atoms in total. The van der Waals surface area contributed by atoms with Crippen molar-refractivity contribution >= 4 is 0 Å². The average molecular weight is 380 g/mol. The van der Waals surface area contributed by atoms with Crippen molar-refractivity contribution in [2.24, 2.45) is 0 Å². The molecule has 0 atom stereocenters. The van der Waals surface area contributed by atoms with Gasteiger partial charge in [-0.2, -0.15) is 0 Å². The van der Waals surface area contributed by atoms with E-state index in [1.54, 1.807) is 0 Å². The van der Waals surface area contributed by atoms with Gasteiger partial charge in [-0.3, -0.25) is 0 Å². The Kier molecular flexibility index (Phi) is 19.9. The van der Waals surface area contributed by atoms with E-state index in [9.17, 15) is 0 Å². The first-order chi connectivity index (χ1) is 10.1. The summed E-state index contributed by atoms with van der Waals surface area (Å²) >= 11 is 0. The third-order valence-corrected chi connectivity index (χ3v) is 4.54. The first kappa shape index (κ1) is 24.6. The van der Waals surface area contributed by atoms with Gasteiger partial charge in [-0.1, -0.05) is 71.1 Å². The highest BCUT2D eigenvalue weighted by Crippen LogP contribution is 2.12. The summed E-state index contributed by atoms with van der Waals surface area (Å²) in [7, 11) is 4.57. The maximum Gasteiger partial charge on any atom is 0.0804 e. The van der Waals surface area contributed by atoms with Crippen LogP contribution in [0.1, 0.15) is 90.4 Å². The van der Waals surface area contributed by atoms with E-state index in [1.807, 2.05) is 0 Å². The predicted molar refractivity (Wildman–Crippen MR) is 94.6 cm³/mol. The zero-order valence-electron chi connectivity index (χ0n) is 15.6. The summed E-state index contributed by atoms with van der Waals surface area (Å²) in [6.45, 7) is 4.98. The molecule has 0 rings (SSSR count). The molecule has 136 valence electrons. The van der Waals surface area contributed by atoms with Gasteiger partial charge in [-0.15, -0.1) is 0 Å². The van der Waals surface area contributed by atoms with Crippen LogP contribution in [-0.2, 0) is 0 Å². The fourth-order valence-electron chi connectivity index (χ4n) is 2.99. The molecule has 3 heteroatoms. The molecule has 0 aliphatic rings. The molecular formula is C19H42BrNO. The van der Waals surface area contributed by atoms with E-state index in [0.717, 1.165) is 17.4 Å². The largest absolute Gasteiger partial charge is 1.00 e. The van der Waals surface area contributed by atoms with Crippen molar-refractivity contribution in [3.05, 3.63) is 0 Å². The van der Waals surface area contributed by atoms with Gasteiger partial charge in [0.25, 0.3) is 0 Å². The molecule has 0 amide bonds. The summed E-state index contributed by atoms with van der Waals surface area (Å²) in [5, 5.41) is 8.89. The van der Waals surface area contributed by atoms with Gasteiger partial charge < -0.3 is 26.6 Å². The van der Waals surface area contributed by atoms with E-state index in [-0.39, 0.29) is 17.0 Å². The first-order valence-corrected chi connectivity index (χ1v) is 9.55. The fraction of sp³-hybridized carbons (Fsp3) is 1.00. The molecule has 0 radical (unpaired) electrons. The van der Waals surface area contributed by atoms with Crippen LogP contribution >= 0.6 is 0 Å². The minimum absolute atomic E-state index is 0. The molecule has 22 heavy (non-hydrogen) atoms. The lowest BCUT2D eigenvalue weighted by molar-refractivity contribution is -0.890. The minimum atomic E-state index is 0. The number of halogens is 1. The topological polar surface area (TPSA) is 20.2 Å². The number of rotatable bonds is 16. The summed E-state index contributed by atoms with van der Waals surface area (Å²) in [6.07, 6.45) is 18.0. The van der Waals surface area contributed by atoms with Gasteiger partial charge in [-0.05, 0) is 12.8 Å². The molecule has 0 spiro atoms. The van der Waals surface area contributed by atoms with Crippen molar-refractivity contribution < 1.29 is 26.6 Å². The number of hydrogen-bond acceptors (Lipinski definition) is 1. The maximum absolute atomic E-state index is 8.89. The molecule has 0 aliphatic carbocycles. The monoisotopic (exact) mass is 379 g/mol. The van der Waals surface area contributed by atoms with Crippen LogP contribution in [0.4, 0.5) is 0 Å². The van der Waals surface area contributed by atoms with E-state index in [0.29, 0.717) is 6.61 Å².